The Balaban J connectivity index is 2.01. The number of carboxylic acids is 1. The van der Waals surface area contributed by atoms with Crippen molar-refractivity contribution in [1.82, 2.24) is 9.97 Å². The van der Waals surface area contributed by atoms with E-state index < -0.39 is 5.97 Å². The van der Waals surface area contributed by atoms with Gasteiger partial charge in [0, 0.05) is 28.4 Å². The Hall–Kier alpha value is -2.93. The molecule has 0 amide bonds. The van der Waals surface area contributed by atoms with Gasteiger partial charge in [0.15, 0.2) is 5.82 Å². The number of aromatic nitrogens is 2. The monoisotopic (exact) mass is 383 g/mol. The molecule has 0 bridgehead atoms. The topological polar surface area (TPSA) is 84.3 Å². The molecule has 0 radical (unpaired) electrons. The van der Waals surface area contributed by atoms with Crippen LogP contribution in [-0.4, -0.2) is 28.2 Å². The maximum atomic E-state index is 11.0. The molecule has 2 N–H and O–H groups in total. The van der Waals surface area contributed by atoms with Crippen LogP contribution in [0.15, 0.2) is 35.7 Å². The van der Waals surface area contributed by atoms with E-state index in [0.29, 0.717) is 5.82 Å². The minimum Gasteiger partial charge on any atom is -0.496 e. The van der Waals surface area contributed by atoms with Crippen LogP contribution < -0.4 is 10.1 Å². The van der Waals surface area contributed by atoms with Crippen molar-refractivity contribution in [3.05, 3.63) is 52.5 Å². The lowest BCUT2D eigenvalue weighted by molar-refractivity contribution is 0.0697. The number of ether oxygens (including phenoxy) is 1. The summed E-state index contributed by atoms with van der Waals surface area (Å²) in [6.45, 7) is 4.15. The van der Waals surface area contributed by atoms with E-state index in [1.165, 1.54) is 11.3 Å². The summed E-state index contributed by atoms with van der Waals surface area (Å²) < 4.78 is 5.27. The van der Waals surface area contributed by atoms with Crippen molar-refractivity contribution >= 4 is 28.8 Å². The van der Waals surface area contributed by atoms with E-state index in [2.05, 4.69) is 19.2 Å². The summed E-state index contributed by atoms with van der Waals surface area (Å²) in [5, 5.41) is 14.3. The van der Waals surface area contributed by atoms with Crippen molar-refractivity contribution in [2.24, 2.45) is 0 Å². The van der Waals surface area contributed by atoms with Gasteiger partial charge in [-0.3, -0.25) is 0 Å². The van der Waals surface area contributed by atoms with Gasteiger partial charge >= 0.3 is 5.97 Å². The van der Waals surface area contributed by atoms with Gasteiger partial charge in [0.1, 0.15) is 11.6 Å². The molecule has 0 fully saturated rings. The maximum absolute atomic E-state index is 11.0. The quantitative estimate of drug-likeness (QED) is 0.611. The highest BCUT2D eigenvalue weighted by atomic mass is 32.1. The molecular formula is C20H21N3O3S. The van der Waals surface area contributed by atoms with E-state index in [1.54, 1.807) is 31.4 Å². The Morgan fingerprint density at radius 2 is 1.93 bits per heavy atom. The number of benzene rings is 1. The smallest absolute Gasteiger partial charge is 0.335 e. The lowest BCUT2D eigenvalue weighted by Crippen LogP contribution is -2.07. The van der Waals surface area contributed by atoms with Crippen LogP contribution in [0.3, 0.4) is 0 Å². The number of methoxy groups -OCH3 is 1. The van der Waals surface area contributed by atoms with Crippen LogP contribution in [0.5, 0.6) is 5.75 Å². The number of carboxylic acid groups (broad SMARTS) is 1. The second-order valence-electron chi connectivity index (χ2n) is 5.89. The predicted molar refractivity (Wildman–Crippen MR) is 107 cm³/mol. The number of hydrogen-bond acceptors (Lipinski definition) is 6. The molecule has 140 valence electrons. The van der Waals surface area contributed by atoms with Gasteiger partial charge in [0.25, 0.3) is 0 Å². The van der Waals surface area contributed by atoms with E-state index in [9.17, 15) is 4.79 Å². The van der Waals surface area contributed by atoms with Crippen LogP contribution in [0.4, 0.5) is 11.5 Å². The van der Waals surface area contributed by atoms with E-state index in [4.69, 9.17) is 19.8 Å². The number of nitrogens with zero attached hydrogens (tertiary/aromatic N) is 2. The molecular weight excluding hydrogens is 362 g/mol. The summed E-state index contributed by atoms with van der Waals surface area (Å²) in [5.41, 5.74) is 3.09. The summed E-state index contributed by atoms with van der Waals surface area (Å²) in [6.07, 6.45) is 1.60. The fourth-order valence-corrected chi connectivity index (χ4v) is 3.57. The molecule has 1 aromatic carbocycles. The molecule has 0 aliphatic rings. The van der Waals surface area contributed by atoms with Crippen molar-refractivity contribution in [1.29, 1.82) is 0 Å². The van der Waals surface area contributed by atoms with Crippen LogP contribution >= 0.6 is 11.3 Å². The first-order chi connectivity index (χ1) is 13.0. The summed E-state index contributed by atoms with van der Waals surface area (Å²) in [4.78, 5) is 21.5. The lowest BCUT2D eigenvalue weighted by atomic mass is 10.1. The van der Waals surface area contributed by atoms with Crippen molar-refractivity contribution in [2.45, 2.75) is 26.7 Å². The highest BCUT2D eigenvalue weighted by Gasteiger charge is 2.15. The first-order valence-corrected chi connectivity index (χ1v) is 9.56. The van der Waals surface area contributed by atoms with Crippen molar-refractivity contribution in [3.8, 4) is 16.5 Å². The van der Waals surface area contributed by atoms with E-state index >= 15 is 0 Å². The number of nitrogens with one attached hydrogen (secondary N) is 1. The number of aryl methyl sites for hydroxylation is 1. The van der Waals surface area contributed by atoms with Crippen molar-refractivity contribution in [3.63, 3.8) is 0 Å². The van der Waals surface area contributed by atoms with Crippen molar-refractivity contribution < 1.29 is 14.6 Å². The first-order valence-electron chi connectivity index (χ1n) is 8.68. The fourth-order valence-electron chi connectivity index (χ4n) is 2.78. The first kappa shape index (κ1) is 18.8. The molecule has 2 heterocycles. The zero-order chi connectivity index (χ0) is 19.4. The molecule has 0 saturated carbocycles. The molecule has 0 atom stereocenters. The molecule has 2 aromatic heterocycles. The Labute approximate surface area is 161 Å². The van der Waals surface area contributed by atoms with E-state index in [1.807, 2.05) is 11.4 Å². The predicted octanol–water partition coefficient (Wildman–Crippen LogP) is 4.78. The maximum Gasteiger partial charge on any atom is 0.335 e. The van der Waals surface area contributed by atoms with Crippen molar-refractivity contribution in [2.75, 3.05) is 12.4 Å². The zero-order valence-corrected chi connectivity index (χ0v) is 16.3. The minimum absolute atomic E-state index is 0.250. The van der Waals surface area contributed by atoms with Gasteiger partial charge in [-0.25, -0.2) is 14.8 Å². The Morgan fingerprint density at radius 1 is 1.19 bits per heavy atom. The van der Waals surface area contributed by atoms with Gasteiger partial charge in [0.2, 0.25) is 0 Å². The third-order valence-electron chi connectivity index (χ3n) is 4.21. The second-order valence-corrected chi connectivity index (χ2v) is 6.80. The molecule has 0 aliphatic heterocycles. The zero-order valence-electron chi connectivity index (χ0n) is 15.4. The van der Waals surface area contributed by atoms with Gasteiger partial charge in [-0.15, -0.1) is 11.3 Å². The van der Waals surface area contributed by atoms with E-state index in [-0.39, 0.29) is 5.56 Å². The number of anilines is 2. The summed E-state index contributed by atoms with van der Waals surface area (Å²) in [7, 11) is 1.64. The Morgan fingerprint density at radius 3 is 2.48 bits per heavy atom. The standard InChI is InChI=1S/C20H21N3O3S/c1-4-15-16(5-2)22-19(17-10-14(26-3)11-27-17)23-18(15)21-13-8-6-12(7-9-13)20(24)25/h6-11H,4-5H2,1-3H3,(H,24,25)(H,21,22,23). The molecule has 3 rings (SSSR count). The van der Waals surface area contributed by atoms with Gasteiger partial charge in [-0.1, -0.05) is 13.8 Å². The summed E-state index contributed by atoms with van der Waals surface area (Å²) in [5.74, 6) is 1.24. The van der Waals surface area contributed by atoms with E-state index in [0.717, 1.165) is 46.2 Å². The number of thiophene rings is 1. The SMILES string of the molecule is CCc1nc(-c2cc(OC)cs2)nc(Nc2ccc(C(=O)O)cc2)c1CC. The molecule has 6 nitrogen and oxygen atoms in total. The number of hydrogen-bond donors (Lipinski definition) is 2. The van der Waals surface area contributed by atoms with Gasteiger partial charge < -0.3 is 15.2 Å². The molecule has 0 unspecified atom stereocenters. The number of rotatable bonds is 7. The Kier molecular flexibility index (Phi) is 5.71. The molecule has 0 aliphatic carbocycles. The average molecular weight is 383 g/mol. The third kappa shape index (κ3) is 4.09. The summed E-state index contributed by atoms with van der Waals surface area (Å²) >= 11 is 1.54. The van der Waals surface area contributed by atoms with Gasteiger partial charge in [-0.2, -0.15) is 0 Å². The molecule has 7 heteroatoms. The molecule has 0 saturated heterocycles. The Bertz CT molecular complexity index is 952. The average Bonchev–Trinajstić information content (AvgIpc) is 3.17. The van der Waals surface area contributed by atoms with Crippen LogP contribution in [0.2, 0.25) is 0 Å². The largest absolute Gasteiger partial charge is 0.496 e. The van der Waals surface area contributed by atoms with Gasteiger partial charge in [0.05, 0.1) is 17.6 Å². The third-order valence-corrected chi connectivity index (χ3v) is 5.11. The summed E-state index contributed by atoms with van der Waals surface area (Å²) in [6, 6.07) is 8.55. The lowest BCUT2D eigenvalue weighted by Gasteiger charge is -2.15. The molecule has 3 aromatic rings. The normalized spacial score (nSPS) is 10.6. The highest BCUT2D eigenvalue weighted by molar-refractivity contribution is 7.13. The second kappa shape index (κ2) is 8.18. The van der Waals surface area contributed by atoms with Crippen LogP contribution in [0.25, 0.3) is 10.7 Å². The van der Waals surface area contributed by atoms with Crippen LogP contribution in [-0.2, 0) is 12.8 Å². The van der Waals surface area contributed by atoms with Crippen LogP contribution in [0.1, 0.15) is 35.5 Å². The molecule has 0 spiro atoms. The highest BCUT2D eigenvalue weighted by Crippen LogP contribution is 2.32. The number of carbonyl (C=O) groups is 1. The minimum atomic E-state index is -0.944. The van der Waals surface area contributed by atoms with Gasteiger partial charge in [-0.05, 0) is 37.1 Å². The number of aromatic carboxylic acids is 1. The van der Waals surface area contributed by atoms with Crippen LogP contribution in [0, 0.1) is 0 Å². The molecule has 27 heavy (non-hydrogen) atoms. The fraction of sp³-hybridized carbons (Fsp3) is 0.250.